The van der Waals surface area contributed by atoms with Gasteiger partial charge >= 0.3 is 0 Å². The minimum Gasteiger partial charge on any atom is -0.321 e. The third-order valence-corrected chi connectivity index (χ3v) is 4.67. The van der Waals surface area contributed by atoms with E-state index < -0.39 is 10.0 Å². The van der Waals surface area contributed by atoms with E-state index in [-0.39, 0.29) is 5.16 Å². The Morgan fingerprint density at radius 1 is 1.23 bits per heavy atom. The van der Waals surface area contributed by atoms with Crippen molar-refractivity contribution in [2.24, 2.45) is 0 Å². The Morgan fingerprint density at radius 2 is 2.05 bits per heavy atom. The van der Waals surface area contributed by atoms with Crippen LogP contribution in [0.3, 0.4) is 0 Å². The van der Waals surface area contributed by atoms with Crippen molar-refractivity contribution in [2.75, 3.05) is 4.72 Å². The van der Waals surface area contributed by atoms with Gasteiger partial charge in [0.15, 0.2) is 0 Å². The number of imidazole rings is 1. The Balaban J connectivity index is 2.08. The monoisotopic (exact) mass is 316 g/mol. The molecule has 3 rings (SSSR count). The second-order valence-corrected chi connectivity index (χ2v) is 6.51. The van der Waals surface area contributed by atoms with Crippen LogP contribution in [-0.2, 0) is 16.6 Å². The van der Waals surface area contributed by atoms with Crippen molar-refractivity contribution in [3.8, 4) is 0 Å². The number of para-hydroxylation sites is 1. The second kappa shape index (κ2) is 5.42. The van der Waals surface area contributed by atoms with Gasteiger partial charge in [0.1, 0.15) is 0 Å². The second-order valence-electron chi connectivity index (χ2n) is 4.93. The maximum absolute atomic E-state index is 12.5. The molecule has 22 heavy (non-hydrogen) atoms. The molecule has 0 aliphatic rings. The average Bonchev–Trinajstić information content (AvgIpc) is 2.97. The van der Waals surface area contributed by atoms with Crippen LogP contribution in [-0.4, -0.2) is 23.0 Å². The molecule has 2 aromatic heterocycles. The quantitative estimate of drug-likeness (QED) is 0.802. The molecule has 0 atom stereocenters. The largest absolute Gasteiger partial charge is 0.321 e. The summed E-state index contributed by atoms with van der Waals surface area (Å²) in [5, 5.41) is 0.879. The lowest BCUT2D eigenvalue weighted by Crippen LogP contribution is -2.18. The molecular formula is C15H16N4O2S. The molecule has 0 bridgehead atoms. The van der Waals surface area contributed by atoms with E-state index in [2.05, 4.69) is 14.7 Å². The maximum Gasteiger partial charge on any atom is 0.295 e. The molecule has 1 N–H and O–H groups in total. The highest BCUT2D eigenvalue weighted by Crippen LogP contribution is 2.24. The summed E-state index contributed by atoms with van der Waals surface area (Å²) in [7, 11) is -3.76. The van der Waals surface area contributed by atoms with Crippen LogP contribution in [0.5, 0.6) is 0 Å². The lowest BCUT2D eigenvalue weighted by molar-refractivity contribution is 0.574. The molecule has 7 heteroatoms. The fourth-order valence-electron chi connectivity index (χ4n) is 2.30. The smallest absolute Gasteiger partial charge is 0.295 e. The first-order chi connectivity index (χ1) is 10.5. The predicted molar refractivity (Wildman–Crippen MR) is 85.2 cm³/mol. The van der Waals surface area contributed by atoms with Crippen molar-refractivity contribution in [3.05, 3.63) is 48.4 Å². The van der Waals surface area contributed by atoms with Gasteiger partial charge in [-0.05, 0) is 26.0 Å². The molecule has 0 radical (unpaired) electrons. The van der Waals surface area contributed by atoms with E-state index in [0.717, 1.165) is 11.1 Å². The van der Waals surface area contributed by atoms with Crippen molar-refractivity contribution >= 4 is 26.6 Å². The highest BCUT2D eigenvalue weighted by atomic mass is 32.2. The Labute approximate surface area is 128 Å². The molecule has 0 aliphatic heterocycles. The summed E-state index contributed by atoms with van der Waals surface area (Å²) in [5.41, 5.74) is 1.90. The number of hydrogen-bond acceptors (Lipinski definition) is 4. The summed E-state index contributed by atoms with van der Waals surface area (Å²) in [6.45, 7) is 4.27. The molecule has 114 valence electrons. The highest BCUT2D eigenvalue weighted by molar-refractivity contribution is 7.92. The third kappa shape index (κ3) is 2.55. The Hall–Kier alpha value is -2.41. The first-order valence-electron chi connectivity index (χ1n) is 6.91. The van der Waals surface area contributed by atoms with E-state index >= 15 is 0 Å². The first kappa shape index (κ1) is 14.5. The number of hydrogen-bond donors (Lipinski definition) is 1. The molecule has 1 aromatic carbocycles. The van der Waals surface area contributed by atoms with Gasteiger partial charge in [-0.15, -0.1) is 0 Å². The number of aryl methyl sites for hydroxylation is 2. The molecular weight excluding hydrogens is 300 g/mol. The van der Waals surface area contributed by atoms with Crippen LogP contribution < -0.4 is 4.72 Å². The van der Waals surface area contributed by atoms with E-state index in [4.69, 9.17) is 0 Å². The molecule has 6 nitrogen and oxygen atoms in total. The normalized spacial score (nSPS) is 11.7. The number of anilines is 1. The van der Waals surface area contributed by atoms with E-state index in [0.29, 0.717) is 17.7 Å². The summed E-state index contributed by atoms with van der Waals surface area (Å²) in [4.78, 5) is 8.37. The van der Waals surface area contributed by atoms with Crippen molar-refractivity contribution in [1.29, 1.82) is 0 Å². The van der Waals surface area contributed by atoms with Crippen LogP contribution in [0.1, 0.15) is 12.6 Å². The van der Waals surface area contributed by atoms with Gasteiger partial charge < -0.3 is 4.57 Å². The van der Waals surface area contributed by atoms with Crippen LogP contribution in [0.15, 0.2) is 47.9 Å². The Bertz CT molecular complexity index is 932. The van der Waals surface area contributed by atoms with Gasteiger partial charge in [0.25, 0.3) is 10.0 Å². The minimum absolute atomic E-state index is 0.000318. The molecule has 0 unspecified atom stereocenters. The molecule has 3 aromatic rings. The van der Waals surface area contributed by atoms with Crippen LogP contribution in [0.25, 0.3) is 10.9 Å². The van der Waals surface area contributed by atoms with Gasteiger partial charge in [0.2, 0.25) is 5.16 Å². The predicted octanol–water partition coefficient (Wildman–Crippen LogP) is 2.56. The minimum atomic E-state index is -3.76. The number of nitrogens with zero attached hydrogens (tertiary/aromatic N) is 3. The summed E-state index contributed by atoms with van der Waals surface area (Å²) in [5.74, 6) is 0. The van der Waals surface area contributed by atoms with Gasteiger partial charge in [-0.2, -0.15) is 8.42 Å². The van der Waals surface area contributed by atoms with Crippen LogP contribution in [0, 0.1) is 6.92 Å². The molecule has 0 amide bonds. The number of fused-ring (bicyclic) bond motifs is 1. The van der Waals surface area contributed by atoms with Crippen LogP contribution >= 0.6 is 0 Å². The van der Waals surface area contributed by atoms with Gasteiger partial charge in [-0.3, -0.25) is 9.71 Å². The maximum atomic E-state index is 12.5. The number of aromatic nitrogens is 3. The number of benzene rings is 1. The van der Waals surface area contributed by atoms with E-state index in [1.54, 1.807) is 22.9 Å². The molecule has 0 saturated heterocycles. The zero-order valence-corrected chi connectivity index (χ0v) is 13.1. The number of nitrogens with one attached hydrogen (secondary N) is 1. The molecule has 0 saturated carbocycles. The first-order valence-corrected chi connectivity index (χ1v) is 8.40. The molecule has 0 aliphatic carbocycles. The van der Waals surface area contributed by atoms with Crippen molar-refractivity contribution in [3.63, 3.8) is 0 Å². The fourth-order valence-corrected chi connectivity index (χ4v) is 3.54. The van der Waals surface area contributed by atoms with Crippen molar-refractivity contribution < 1.29 is 8.42 Å². The van der Waals surface area contributed by atoms with Gasteiger partial charge in [0, 0.05) is 30.0 Å². The third-order valence-electron chi connectivity index (χ3n) is 3.36. The standard InChI is InChI=1S/C15H16N4O2S/c1-3-19-10-9-16-15(19)22(20,21)18-13-6-4-5-12-8-7-11(2)17-14(12)13/h4-10,18H,3H2,1-2H3. The van der Waals surface area contributed by atoms with Crippen LogP contribution in [0.4, 0.5) is 5.69 Å². The van der Waals surface area contributed by atoms with Gasteiger partial charge in [-0.1, -0.05) is 18.2 Å². The topological polar surface area (TPSA) is 76.9 Å². The molecule has 0 spiro atoms. The van der Waals surface area contributed by atoms with E-state index in [1.807, 2.05) is 32.0 Å². The highest BCUT2D eigenvalue weighted by Gasteiger charge is 2.21. The lowest BCUT2D eigenvalue weighted by Gasteiger charge is -2.11. The van der Waals surface area contributed by atoms with Crippen LogP contribution in [0.2, 0.25) is 0 Å². The summed E-state index contributed by atoms with van der Waals surface area (Å²) >= 11 is 0. The van der Waals surface area contributed by atoms with Crippen molar-refractivity contribution in [1.82, 2.24) is 14.5 Å². The zero-order chi connectivity index (χ0) is 15.7. The number of rotatable bonds is 4. The van der Waals surface area contributed by atoms with Gasteiger partial charge in [0.05, 0.1) is 11.2 Å². The summed E-state index contributed by atoms with van der Waals surface area (Å²) < 4.78 is 29.3. The lowest BCUT2D eigenvalue weighted by atomic mass is 10.2. The van der Waals surface area contributed by atoms with Crippen molar-refractivity contribution in [2.45, 2.75) is 25.5 Å². The van der Waals surface area contributed by atoms with Gasteiger partial charge in [-0.25, -0.2) is 4.98 Å². The SMILES string of the molecule is CCn1ccnc1S(=O)(=O)Nc1cccc2ccc(C)nc12. The Kier molecular flexibility index (Phi) is 3.58. The fraction of sp³-hybridized carbons (Fsp3) is 0.200. The average molecular weight is 316 g/mol. The Morgan fingerprint density at radius 3 is 2.82 bits per heavy atom. The summed E-state index contributed by atoms with van der Waals surface area (Å²) in [6, 6.07) is 9.20. The molecule has 2 heterocycles. The molecule has 0 fully saturated rings. The number of pyridine rings is 1. The number of sulfonamides is 1. The zero-order valence-electron chi connectivity index (χ0n) is 12.3. The van der Waals surface area contributed by atoms with E-state index in [9.17, 15) is 8.42 Å². The summed E-state index contributed by atoms with van der Waals surface area (Å²) in [6.07, 6.45) is 3.11. The van der Waals surface area contributed by atoms with E-state index in [1.165, 1.54) is 6.20 Å².